The van der Waals surface area contributed by atoms with Gasteiger partial charge in [-0.25, -0.2) is 4.79 Å². The fraction of sp³-hybridized carbons (Fsp3) is 0.467. The van der Waals surface area contributed by atoms with Crippen molar-refractivity contribution >= 4 is 29.3 Å². The Morgan fingerprint density at radius 2 is 2.10 bits per heavy atom. The molecule has 1 aliphatic rings. The summed E-state index contributed by atoms with van der Waals surface area (Å²) in [6.45, 7) is 0. The van der Waals surface area contributed by atoms with Crippen LogP contribution in [0.5, 0.6) is 5.75 Å². The highest BCUT2D eigenvalue weighted by Crippen LogP contribution is 2.27. The normalized spacial score (nSPS) is 15.5. The van der Waals surface area contributed by atoms with E-state index in [1.54, 1.807) is 6.07 Å². The SMILES string of the molecule is COc1ccc(C(=O)O)c(NC(=O)CC2CCSCC2)c1. The second kappa shape index (κ2) is 7.36. The predicted molar refractivity (Wildman–Crippen MR) is 83.2 cm³/mol. The predicted octanol–water partition coefficient (Wildman–Crippen LogP) is 2.87. The topological polar surface area (TPSA) is 75.6 Å². The molecule has 1 aromatic rings. The van der Waals surface area contributed by atoms with E-state index in [1.807, 2.05) is 11.8 Å². The maximum Gasteiger partial charge on any atom is 0.337 e. The van der Waals surface area contributed by atoms with E-state index in [4.69, 9.17) is 9.84 Å². The number of hydrogen-bond acceptors (Lipinski definition) is 4. The van der Waals surface area contributed by atoms with E-state index in [2.05, 4.69) is 5.32 Å². The molecular formula is C15H19NO4S. The second-order valence-corrected chi connectivity index (χ2v) is 6.25. The summed E-state index contributed by atoms with van der Waals surface area (Å²) in [6.07, 6.45) is 2.53. The minimum atomic E-state index is -1.07. The van der Waals surface area contributed by atoms with E-state index in [-0.39, 0.29) is 17.2 Å². The molecule has 1 heterocycles. The third kappa shape index (κ3) is 4.39. The number of methoxy groups -OCH3 is 1. The molecule has 1 aromatic carbocycles. The van der Waals surface area contributed by atoms with Crippen molar-refractivity contribution in [2.24, 2.45) is 5.92 Å². The van der Waals surface area contributed by atoms with Gasteiger partial charge in [0.25, 0.3) is 0 Å². The first kappa shape index (κ1) is 15.7. The Kier molecular flexibility index (Phi) is 5.50. The van der Waals surface area contributed by atoms with Crippen molar-refractivity contribution < 1.29 is 19.4 Å². The third-order valence-electron chi connectivity index (χ3n) is 3.55. The monoisotopic (exact) mass is 309 g/mol. The largest absolute Gasteiger partial charge is 0.497 e. The molecule has 0 saturated carbocycles. The summed E-state index contributed by atoms with van der Waals surface area (Å²) < 4.78 is 5.07. The Labute approximate surface area is 128 Å². The van der Waals surface area contributed by atoms with Crippen molar-refractivity contribution in [3.8, 4) is 5.75 Å². The molecule has 21 heavy (non-hydrogen) atoms. The zero-order chi connectivity index (χ0) is 15.2. The molecule has 0 spiro atoms. The zero-order valence-electron chi connectivity index (χ0n) is 11.9. The van der Waals surface area contributed by atoms with Gasteiger partial charge in [-0.2, -0.15) is 11.8 Å². The molecule has 2 N–H and O–H groups in total. The van der Waals surface area contributed by atoms with Crippen LogP contribution in [0.3, 0.4) is 0 Å². The lowest BCUT2D eigenvalue weighted by Gasteiger charge is -2.20. The number of aromatic carboxylic acids is 1. The molecule has 1 fully saturated rings. The maximum atomic E-state index is 12.1. The van der Waals surface area contributed by atoms with Crippen LogP contribution in [0.25, 0.3) is 0 Å². The number of ether oxygens (including phenoxy) is 1. The fourth-order valence-corrected chi connectivity index (χ4v) is 3.56. The average Bonchev–Trinajstić information content (AvgIpc) is 2.47. The number of thioether (sulfide) groups is 1. The molecule has 5 nitrogen and oxygen atoms in total. The van der Waals surface area contributed by atoms with Crippen LogP contribution in [-0.2, 0) is 4.79 Å². The lowest BCUT2D eigenvalue weighted by atomic mass is 9.98. The van der Waals surface area contributed by atoms with Gasteiger partial charge in [0.15, 0.2) is 0 Å². The van der Waals surface area contributed by atoms with Crippen molar-refractivity contribution in [1.82, 2.24) is 0 Å². The van der Waals surface area contributed by atoms with E-state index in [0.717, 1.165) is 24.3 Å². The molecule has 0 atom stereocenters. The number of carboxylic acids is 1. The van der Waals surface area contributed by atoms with Crippen molar-refractivity contribution in [3.05, 3.63) is 23.8 Å². The molecule has 1 amide bonds. The summed E-state index contributed by atoms with van der Waals surface area (Å²) in [5, 5.41) is 11.9. The summed E-state index contributed by atoms with van der Waals surface area (Å²) in [4.78, 5) is 23.3. The van der Waals surface area contributed by atoms with Crippen LogP contribution in [0.15, 0.2) is 18.2 Å². The highest BCUT2D eigenvalue weighted by atomic mass is 32.2. The highest BCUT2D eigenvalue weighted by molar-refractivity contribution is 7.99. The van der Waals surface area contributed by atoms with Gasteiger partial charge in [-0.3, -0.25) is 4.79 Å². The van der Waals surface area contributed by atoms with Gasteiger partial charge in [0.2, 0.25) is 5.91 Å². The number of hydrogen-bond donors (Lipinski definition) is 2. The van der Waals surface area contributed by atoms with E-state index in [0.29, 0.717) is 18.1 Å². The molecule has 0 aromatic heterocycles. The average molecular weight is 309 g/mol. The number of amides is 1. The van der Waals surface area contributed by atoms with Crippen molar-refractivity contribution in [1.29, 1.82) is 0 Å². The van der Waals surface area contributed by atoms with Gasteiger partial charge in [-0.1, -0.05) is 0 Å². The summed E-state index contributed by atoms with van der Waals surface area (Å²) in [7, 11) is 1.50. The van der Waals surface area contributed by atoms with Crippen LogP contribution in [0.1, 0.15) is 29.6 Å². The third-order valence-corrected chi connectivity index (χ3v) is 4.59. The van der Waals surface area contributed by atoms with Gasteiger partial charge in [0, 0.05) is 12.5 Å². The molecule has 1 aliphatic heterocycles. The number of carbonyl (C=O) groups is 2. The number of anilines is 1. The van der Waals surface area contributed by atoms with Crippen LogP contribution in [0, 0.1) is 5.92 Å². The summed E-state index contributed by atoms with van der Waals surface area (Å²) in [5.41, 5.74) is 0.361. The molecule has 0 bridgehead atoms. The van der Waals surface area contributed by atoms with Crippen LogP contribution >= 0.6 is 11.8 Å². The number of nitrogens with one attached hydrogen (secondary N) is 1. The highest BCUT2D eigenvalue weighted by Gasteiger charge is 2.19. The Morgan fingerprint density at radius 3 is 2.71 bits per heavy atom. The number of carboxylic acid groups (broad SMARTS) is 1. The van der Waals surface area contributed by atoms with E-state index < -0.39 is 5.97 Å². The standard InChI is InChI=1S/C15H19NO4S/c1-20-11-2-3-12(15(18)19)13(9-11)16-14(17)8-10-4-6-21-7-5-10/h2-3,9-10H,4-8H2,1H3,(H,16,17)(H,18,19). The van der Waals surface area contributed by atoms with Crippen molar-refractivity contribution in [2.45, 2.75) is 19.3 Å². The molecule has 1 saturated heterocycles. The zero-order valence-corrected chi connectivity index (χ0v) is 12.7. The van der Waals surface area contributed by atoms with Gasteiger partial charge in [-0.05, 0) is 42.4 Å². The van der Waals surface area contributed by atoms with Crippen molar-refractivity contribution in [2.75, 3.05) is 23.9 Å². The number of rotatable bonds is 5. The van der Waals surface area contributed by atoms with Crippen LogP contribution in [-0.4, -0.2) is 35.6 Å². The fourth-order valence-electron chi connectivity index (χ4n) is 2.35. The first-order valence-electron chi connectivity index (χ1n) is 6.89. The maximum absolute atomic E-state index is 12.1. The number of benzene rings is 1. The Hall–Kier alpha value is -1.69. The summed E-state index contributed by atoms with van der Waals surface area (Å²) in [5.74, 6) is 1.90. The molecule has 114 valence electrons. The molecule has 0 radical (unpaired) electrons. The van der Waals surface area contributed by atoms with Crippen LogP contribution < -0.4 is 10.1 Å². The Balaban J connectivity index is 2.06. The van der Waals surface area contributed by atoms with Crippen molar-refractivity contribution in [3.63, 3.8) is 0 Å². The van der Waals surface area contributed by atoms with Gasteiger partial charge in [0.1, 0.15) is 5.75 Å². The van der Waals surface area contributed by atoms with Gasteiger partial charge < -0.3 is 15.2 Å². The molecule has 6 heteroatoms. The quantitative estimate of drug-likeness (QED) is 0.874. The van der Waals surface area contributed by atoms with E-state index in [1.165, 1.54) is 19.2 Å². The summed E-state index contributed by atoms with van der Waals surface area (Å²) in [6, 6.07) is 4.55. The second-order valence-electron chi connectivity index (χ2n) is 5.02. The Morgan fingerprint density at radius 1 is 1.38 bits per heavy atom. The first-order chi connectivity index (χ1) is 10.1. The summed E-state index contributed by atoms with van der Waals surface area (Å²) >= 11 is 1.92. The first-order valence-corrected chi connectivity index (χ1v) is 8.04. The Bertz CT molecular complexity index is 526. The minimum absolute atomic E-state index is 0.0725. The molecule has 0 aliphatic carbocycles. The van der Waals surface area contributed by atoms with Gasteiger partial charge >= 0.3 is 5.97 Å². The van der Waals surface area contributed by atoms with Crippen LogP contribution in [0.2, 0.25) is 0 Å². The smallest absolute Gasteiger partial charge is 0.337 e. The van der Waals surface area contributed by atoms with E-state index in [9.17, 15) is 9.59 Å². The molecule has 2 rings (SSSR count). The van der Waals surface area contributed by atoms with E-state index >= 15 is 0 Å². The molecular weight excluding hydrogens is 290 g/mol. The molecule has 0 unspecified atom stereocenters. The van der Waals surface area contributed by atoms with Crippen LogP contribution in [0.4, 0.5) is 5.69 Å². The van der Waals surface area contributed by atoms with Gasteiger partial charge in [0.05, 0.1) is 18.4 Å². The lowest BCUT2D eigenvalue weighted by Crippen LogP contribution is -2.20. The van der Waals surface area contributed by atoms with Gasteiger partial charge in [-0.15, -0.1) is 0 Å². The number of carbonyl (C=O) groups excluding carboxylic acids is 1. The minimum Gasteiger partial charge on any atom is -0.497 e. The lowest BCUT2D eigenvalue weighted by molar-refractivity contribution is -0.117.